The van der Waals surface area contributed by atoms with E-state index in [4.69, 9.17) is 0 Å². The van der Waals surface area contributed by atoms with Gasteiger partial charge in [-0.25, -0.2) is 9.97 Å². The lowest BCUT2D eigenvalue weighted by molar-refractivity contribution is 0.0772. The second-order valence-corrected chi connectivity index (χ2v) is 6.68. The predicted octanol–water partition coefficient (Wildman–Crippen LogP) is 2.76. The molecule has 2 aromatic rings. The molecule has 0 radical (unpaired) electrons. The van der Waals surface area contributed by atoms with Crippen LogP contribution in [0.25, 0.3) is 0 Å². The Balaban J connectivity index is 1.71. The van der Waals surface area contributed by atoms with Crippen molar-refractivity contribution >= 4 is 23.1 Å². The third-order valence-electron chi connectivity index (χ3n) is 4.08. The molecule has 0 saturated carbocycles. The molecular formula is C17H22N4OS. The minimum absolute atomic E-state index is 0.148. The smallest absolute Gasteiger partial charge is 0.263 e. The molecule has 2 aromatic heterocycles. The van der Waals surface area contributed by atoms with E-state index in [-0.39, 0.29) is 5.91 Å². The molecule has 1 aliphatic rings. The Morgan fingerprint density at radius 3 is 2.87 bits per heavy atom. The van der Waals surface area contributed by atoms with Gasteiger partial charge in [0.05, 0.1) is 4.88 Å². The highest BCUT2D eigenvalue weighted by Crippen LogP contribution is 2.18. The number of hydrogen-bond donors (Lipinski definition) is 0. The zero-order valence-electron chi connectivity index (χ0n) is 13.7. The number of carbonyl (C=O) groups excluding carboxylic acids is 1. The maximum Gasteiger partial charge on any atom is 0.263 e. The molecule has 1 amide bonds. The summed E-state index contributed by atoms with van der Waals surface area (Å²) in [5.41, 5.74) is 1.07. The van der Waals surface area contributed by atoms with Crippen LogP contribution in [0.1, 0.15) is 34.5 Å². The summed E-state index contributed by atoms with van der Waals surface area (Å²) in [6.45, 7) is 7.33. The van der Waals surface area contributed by atoms with E-state index in [9.17, 15) is 4.79 Å². The number of aromatic nitrogens is 2. The van der Waals surface area contributed by atoms with Gasteiger partial charge in [-0.2, -0.15) is 0 Å². The van der Waals surface area contributed by atoms with Gasteiger partial charge in [0.15, 0.2) is 0 Å². The fraction of sp³-hybridized carbons (Fsp3) is 0.471. The van der Waals surface area contributed by atoms with Gasteiger partial charge in [0, 0.05) is 37.9 Å². The van der Waals surface area contributed by atoms with Gasteiger partial charge in [-0.05, 0) is 31.2 Å². The van der Waals surface area contributed by atoms with Crippen LogP contribution in [0.15, 0.2) is 23.6 Å². The zero-order chi connectivity index (χ0) is 16.2. The molecule has 6 heteroatoms. The minimum atomic E-state index is 0.148. The molecular weight excluding hydrogens is 308 g/mol. The molecule has 1 aliphatic heterocycles. The third-order valence-corrected chi connectivity index (χ3v) is 4.94. The van der Waals surface area contributed by atoms with E-state index in [2.05, 4.69) is 27.9 Å². The molecule has 0 spiro atoms. The molecule has 122 valence electrons. The van der Waals surface area contributed by atoms with Crippen LogP contribution in [-0.2, 0) is 6.42 Å². The van der Waals surface area contributed by atoms with Crippen LogP contribution >= 0.6 is 11.3 Å². The number of amides is 1. The number of hydrogen-bond acceptors (Lipinski definition) is 5. The number of anilines is 1. The maximum atomic E-state index is 12.5. The summed E-state index contributed by atoms with van der Waals surface area (Å²) < 4.78 is 0. The molecule has 0 aliphatic carbocycles. The third kappa shape index (κ3) is 3.69. The standard InChI is InChI=1S/C17H22N4OS/c1-3-14-12-16(19-13(2)18-14)20-7-5-8-21(10-9-20)17(22)15-6-4-11-23-15/h4,6,11-12H,3,5,7-10H2,1-2H3. The second kappa shape index (κ2) is 7.08. The quantitative estimate of drug-likeness (QED) is 0.868. The fourth-order valence-electron chi connectivity index (χ4n) is 2.86. The SMILES string of the molecule is CCc1cc(N2CCCN(C(=O)c3cccs3)CC2)nc(C)n1. The first-order valence-electron chi connectivity index (χ1n) is 8.09. The number of carbonyl (C=O) groups is 1. The Labute approximate surface area is 141 Å². The first-order valence-corrected chi connectivity index (χ1v) is 8.97. The molecule has 5 nitrogen and oxygen atoms in total. The first-order chi connectivity index (χ1) is 11.2. The molecule has 0 aromatic carbocycles. The van der Waals surface area contributed by atoms with Crippen molar-refractivity contribution in [1.29, 1.82) is 0 Å². The lowest BCUT2D eigenvalue weighted by Crippen LogP contribution is -2.35. The number of rotatable bonds is 3. The largest absolute Gasteiger partial charge is 0.355 e. The zero-order valence-corrected chi connectivity index (χ0v) is 14.5. The molecule has 0 unspecified atom stereocenters. The normalized spacial score (nSPS) is 15.6. The molecule has 23 heavy (non-hydrogen) atoms. The number of thiophene rings is 1. The Morgan fingerprint density at radius 2 is 2.13 bits per heavy atom. The molecule has 0 bridgehead atoms. The van der Waals surface area contributed by atoms with E-state index < -0.39 is 0 Å². The number of nitrogens with zero attached hydrogens (tertiary/aromatic N) is 4. The Morgan fingerprint density at radius 1 is 1.26 bits per heavy atom. The van der Waals surface area contributed by atoms with E-state index in [1.165, 1.54) is 11.3 Å². The summed E-state index contributed by atoms with van der Waals surface area (Å²) in [5.74, 6) is 1.95. The van der Waals surface area contributed by atoms with Crippen molar-refractivity contribution in [1.82, 2.24) is 14.9 Å². The van der Waals surface area contributed by atoms with Crippen molar-refractivity contribution in [2.45, 2.75) is 26.7 Å². The predicted molar refractivity (Wildman–Crippen MR) is 93.2 cm³/mol. The monoisotopic (exact) mass is 330 g/mol. The van der Waals surface area contributed by atoms with Crippen LogP contribution < -0.4 is 4.90 Å². The minimum Gasteiger partial charge on any atom is -0.355 e. The van der Waals surface area contributed by atoms with Gasteiger partial charge in [0.25, 0.3) is 5.91 Å². The van der Waals surface area contributed by atoms with Gasteiger partial charge >= 0.3 is 0 Å². The first kappa shape index (κ1) is 15.9. The van der Waals surface area contributed by atoms with Gasteiger partial charge in [0.2, 0.25) is 0 Å². The van der Waals surface area contributed by atoms with Crippen molar-refractivity contribution in [2.24, 2.45) is 0 Å². The Bertz CT molecular complexity index is 671. The maximum absolute atomic E-state index is 12.5. The lowest BCUT2D eigenvalue weighted by atomic mass is 10.3. The van der Waals surface area contributed by atoms with E-state index in [0.29, 0.717) is 0 Å². The van der Waals surface area contributed by atoms with Crippen molar-refractivity contribution < 1.29 is 4.79 Å². The van der Waals surface area contributed by atoms with Crippen molar-refractivity contribution in [3.8, 4) is 0 Å². The van der Waals surface area contributed by atoms with Crippen LogP contribution in [0.5, 0.6) is 0 Å². The Kier molecular flexibility index (Phi) is 4.91. The van der Waals surface area contributed by atoms with E-state index >= 15 is 0 Å². The fourth-order valence-corrected chi connectivity index (χ4v) is 3.55. The number of aryl methyl sites for hydroxylation is 2. The van der Waals surface area contributed by atoms with Crippen LogP contribution in [0, 0.1) is 6.92 Å². The summed E-state index contributed by atoms with van der Waals surface area (Å²) in [4.78, 5) is 26.6. The summed E-state index contributed by atoms with van der Waals surface area (Å²) >= 11 is 1.51. The van der Waals surface area contributed by atoms with Crippen LogP contribution in [0.4, 0.5) is 5.82 Å². The van der Waals surface area contributed by atoms with Gasteiger partial charge in [0.1, 0.15) is 11.6 Å². The van der Waals surface area contributed by atoms with Crippen LogP contribution in [0.3, 0.4) is 0 Å². The van der Waals surface area contributed by atoms with E-state index in [1.54, 1.807) is 0 Å². The molecule has 3 rings (SSSR count). The second-order valence-electron chi connectivity index (χ2n) is 5.73. The average molecular weight is 330 g/mol. The summed E-state index contributed by atoms with van der Waals surface area (Å²) in [6.07, 6.45) is 1.87. The van der Waals surface area contributed by atoms with Gasteiger partial charge < -0.3 is 9.80 Å². The van der Waals surface area contributed by atoms with Crippen molar-refractivity contribution in [3.05, 3.63) is 40.0 Å². The lowest BCUT2D eigenvalue weighted by Gasteiger charge is -2.23. The molecule has 3 heterocycles. The molecule has 0 atom stereocenters. The summed E-state index contributed by atoms with van der Waals surface area (Å²) in [6, 6.07) is 5.90. The molecule has 0 N–H and O–H groups in total. The highest BCUT2D eigenvalue weighted by Gasteiger charge is 2.21. The van der Waals surface area contributed by atoms with Gasteiger partial charge in [-0.15, -0.1) is 11.3 Å². The summed E-state index contributed by atoms with van der Waals surface area (Å²) in [7, 11) is 0. The van der Waals surface area contributed by atoms with Gasteiger partial charge in [-0.1, -0.05) is 13.0 Å². The van der Waals surface area contributed by atoms with E-state index in [0.717, 1.165) is 61.2 Å². The highest BCUT2D eigenvalue weighted by atomic mass is 32.1. The topological polar surface area (TPSA) is 49.3 Å². The highest BCUT2D eigenvalue weighted by molar-refractivity contribution is 7.12. The average Bonchev–Trinajstić information content (AvgIpc) is 2.98. The Hall–Kier alpha value is -1.95. The molecule has 1 fully saturated rings. The van der Waals surface area contributed by atoms with Crippen molar-refractivity contribution in [2.75, 3.05) is 31.1 Å². The summed E-state index contributed by atoms with van der Waals surface area (Å²) in [5, 5.41) is 1.95. The van der Waals surface area contributed by atoms with Gasteiger partial charge in [-0.3, -0.25) is 4.79 Å². The molecule has 1 saturated heterocycles. The van der Waals surface area contributed by atoms with E-state index in [1.807, 2.05) is 29.3 Å². The van der Waals surface area contributed by atoms with Crippen LogP contribution in [-0.4, -0.2) is 47.0 Å². The van der Waals surface area contributed by atoms with Crippen molar-refractivity contribution in [3.63, 3.8) is 0 Å². The van der Waals surface area contributed by atoms with Crippen LogP contribution in [0.2, 0.25) is 0 Å².